The fourth-order valence-corrected chi connectivity index (χ4v) is 4.02. The Labute approximate surface area is 223 Å². The van der Waals surface area contributed by atoms with Crippen LogP contribution in [-0.2, 0) is 16.1 Å². The van der Waals surface area contributed by atoms with E-state index in [4.69, 9.17) is 10.00 Å². The van der Waals surface area contributed by atoms with Gasteiger partial charge in [0.15, 0.2) is 11.4 Å². The molecule has 0 aromatic carbocycles. The Kier molecular flexibility index (Phi) is 7.48. The molecule has 0 saturated carbocycles. The number of carboxylic acid groups (broad SMARTS) is 1. The number of amides is 2. The smallest absolute Gasteiger partial charge is 0.411 e. The quantitative estimate of drug-likeness (QED) is 0.436. The van der Waals surface area contributed by atoms with Crippen molar-refractivity contribution < 1.29 is 29.3 Å². The van der Waals surface area contributed by atoms with Crippen LogP contribution in [0.15, 0.2) is 36.7 Å². The lowest BCUT2D eigenvalue weighted by atomic mass is 10.1. The van der Waals surface area contributed by atoms with E-state index in [1.54, 1.807) is 43.9 Å². The van der Waals surface area contributed by atoms with Crippen LogP contribution in [0.25, 0.3) is 10.9 Å². The zero-order valence-electron chi connectivity index (χ0n) is 21.6. The molecule has 4 rings (SSSR count). The standard InChI is InChI=1S/C26H27N7O6/c1-26(2,3)39-25(38)33-9-8-32(14-19(33)24(36)37)20-7-6-17-18(31-20)13-29-21(22(17)34)23(35)30-12-15-4-5-16(10-27)28-11-15/h4-7,11,13,19,34H,8-9,12,14H2,1-3H3,(H,30,35)(H,36,37). The molecule has 1 aliphatic heterocycles. The Morgan fingerprint density at radius 2 is 1.92 bits per heavy atom. The molecule has 0 bridgehead atoms. The maximum absolute atomic E-state index is 12.7. The molecule has 1 saturated heterocycles. The van der Waals surface area contributed by atoms with E-state index in [1.807, 2.05) is 6.07 Å². The minimum atomic E-state index is -1.17. The Bertz CT molecular complexity index is 1460. The molecule has 0 spiro atoms. The fraction of sp³-hybridized carbons (Fsp3) is 0.346. The summed E-state index contributed by atoms with van der Waals surface area (Å²) in [5.41, 5.74) is 0.285. The summed E-state index contributed by atoms with van der Waals surface area (Å²) in [6, 6.07) is 7.15. The van der Waals surface area contributed by atoms with E-state index in [9.17, 15) is 24.6 Å². The number of aromatic hydroxyl groups is 1. The number of carboxylic acids is 1. The number of hydrogen-bond donors (Lipinski definition) is 3. The topological polar surface area (TPSA) is 182 Å². The van der Waals surface area contributed by atoms with Crippen molar-refractivity contribution in [3.05, 3.63) is 53.6 Å². The van der Waals surface area contributed by atoms with Crippen LogP contribution in [0, 0.1) is 11.3 Å². The van der Waals surface area contributed by atoms with Gasteiger partial charge in [-0.25, -0.2) is 24.5 Å². The molecular weight excluding hydrogens is 506 g/mol. The van der Waals surface area contributed by atoms with Crippen LogP contribution in [0.4, 0.5) is 10.6 Å². The second-order valence-electron chi connectivity index (χ2n) is 9.88. The number of nitrogens with one attached hydrogen (secondary N) is 1. The molecule has 1 unspecified atom stereocenters. The van der Waals surface area contributed by atoms with Crippen molar-refractivity contribution in [1.29, 1.82) is 5.26 Å². The van der Waals surface area contributed by atoms with E-state index in [1.165, 1.54) is 23.4 Å². The van der Waals surface area contributed by atoms with E-state index >= 15 is 0 Å². The number of anilines is 1. The summed E-state index contributed by atoms with van der Waals surface area (Å²) in [6.07, 6.45) is 2.12. The van der Waals surface area contributed by atoms with Gasteiger partial charge in [0.2, 0.25) is 0 Å². The van der Waals surface area contributed by atoms with Crippen LogP contribution in [-0.4, -0.2) is 79.3 Å². The fourth-order valence-electron chi connectivity index (χ4n) is 4.02. The molecule has 2 amide bonds. The number of aliphatic carboxylic acids is 1. The number of pyridine rings is 3. The number of rotatable bonds is 5. The van der Waals surface area contributed by atoms with Gasteiger partial charge in [0.25, 0.3) is 5.91 Å². The second kappa shape index (κ2) is 10.8. The van der Waals surface area contributed by atoms with Gasteiger partial charge in [-0.3, -0.25) is 9.69 Å². The van der Waals surface area contributed by atoms with E-state index in [0.717, 1.165) is 0 Å². The molecule has 1 fully saturated rings. The van der Waals surface area contributed by atoms with Crippen molar-refractivity contribution >= 4 is 34.7 Å². The number of carbonyl (C=O) groups is 3. The molecule has 4 heterocycles. The number of nitrogens with zero attached hydrogens (tertiary/aromatic N) is 6. The molecule has 0 aliphatic carbocycles. The van der Waals surface area contributed by atoms with Gasteiger partial charge < -0.3 is 25.2 Å². The summed E-state index contributed by atoms with van der Waals surface area (Å²) in [5, 5.41) is 32.3. The summed E-state index contributed by atoms with van der Waals surface area (Å²) in [7, 11) is 0. The zero-order chi connectivity index (χ0) is 28.3. The first-order valence-corrected chi connectivity index (χ1v) is 12.1. The number of carbonyl (C=O) groups excluding carboxylic acids is 2. The Hall–Kier alpha value is -4.99. The molecule has 3 aromatic rings. The molecule has 3 N–H and O–H groups in total. The maximum Gasteiger partial charge on any atom is 0.411 e. The Morgan fingerprint density at radius 1 is 1.15 bits per heavy atom. The number of aromatic nitrogens is 3. The van der Waals surface area contributed by atoms with Crippen LogP contribution in [0.5, 0.6) is 5.75 Å². The van der Waals surface area contributed by atoms with Crippen LogP contribution >= 0.6 is 0 Å². The maximum atomic E-state index is 12.7. The molecule has 0 radical (unpaired) electrons. The number of piperazine rings is 1. The van der Waals surface area contributed by atoms with Gasteiger partial charge in [-0.05, 0) is 44.5 Å². The monoisotopic (exact) mass is 533 g/mol. The van der Waals surface area contributed by atoms with Crippen LogP contribution in [0.1, 0.15) is 42.5 Å². The highest BCUT2D eigenvalue weighted by molar-refractivity contribution is 6.00. The van der Waals surface area contributed by atoms with E-state index < -0.39 is 29.6 Å². The summed E-state index contributed by atoms with van der Waals surface area (Å²) >= 11 is 0. The molecule has 3 aromatic heterocycles. The van der Waals surface area contributed by atoms with E-state index in [-0.39, 0.29) is 36.8 Å². The highest BCUT2D eigenvalue weighted by atomic mass is 16.6. The van der Waals surface area contributed by atoms with Crippen LogP contribution < -0.4 is 10.2 Å². The lowest BCUT2D eigenvalue weighted by Gasteiger charge is -2.40. The van der Waals surface area contributed by atoms with Crippen molar-refractivity contribution in [3.8, 4) is 11.8 Å². The number of fused-ring (bicyclic) bond motifs is 1. The third-order valence-electron chi connectivity index (χ3n) is 5.93. The number of ether oxygens (including phenoxy) is 1. The average molecular weight is 534 g/mol. The molecule has 39 heavy (non-hydrogen) atoms. The van der Waals surface area contributed by atoms with Gasteiger partial charge in [-0.15, -0.1) is 0 Å². The average Bonchev–Trinajstić information content (AvgIpc) is 2.90. The molecular formula is C26H27N7O6. The highest BCUT2D eigenvalue weighted by Gasteiger charge is 2.38. The van der Waals surface area contributed by atoms with Crippen molar-refractivity contribution in [2.75, 3.05) is 24.5 Å². The molecule has 1 aliphatic rings. The van der Waals surface area contributed by atoms with Gasteiger partial charge in [-0.1, -0.05) is 6.07 Å². The normalized spacial score (nSPS) is 15.5. The van der Waals surface area contributed by atoms with Crippen molar-refractivity contribution in [2.24, 2.45) is 0 Å². The summed E-state index contributed by atoms with van der Waals surface area (Å²) in [4.78, 5) is 52.6. The molecule has 13 heteroatoms. The summed E-state index contributed by atoms with van der Waals surface area (Å²) in [6.45, 7) is 5.66. The minimum Gasteiger partial charge on any atom is -0.505 e. The van der Waals surface area contributed by atoms with Gasteiger partial charge >= 0.3 is 12.1 Å². The number of nitriles is 1. The Morgan fingerprint density at radius 3 is 2.56 bits per heavy atom. The first-order valence-electron chi connectivity index (χ1n) is 12.1. The lowest BCUT2D eigenvalue weighted by molar-refractivity contribution is -0.143. The first kappa shape index (κ1) is 27.1. The SMILES string of the molecule is CC(C)(C)OC(=O)N1CCN(c2ccc3c(O)c(C(=O)NCc4ccc(C#N)nc4)ncc3n2)CC1C(=O)O. The third-order valence-corrected chi connectivity index (χ3v) is 5.93. The van der Waals surface area contributed by atoms with Gasteiger partial charge in [0.1, 0.15) is 29.2 Å². The molecule has 202 valence electrons. The summed E-state index contributed by atoms with van der Waals surface area (Å²) in [5.74, 6) is -1.69. The molecule has 1 atom stereocenters. The van der Waals surface area contributed by atoms with Gasteiger partial charge in [0, 0.05) is 31.2 Å². The first-order chi connectivity index (χ1) is 18.5. The van der Waals surface area contributed by atoms with Gasteiger partial charge in [-0.2, -0.15) is 5.26 Å². The predicted octanol–water partition coefficient (Wildman–Crippen LogP) is 2.04. The predicted molar refractivity (Wildman–Crippen MR) is 138 cm³/mol. The third kappa shape index (κ3) is 6.12. The van der Waals surface area contributed by atoms with Crippen molar-refractivity contribution in [3.63, 3.8) is 0 Å². The van der Waals surface area contributed by atoms with Crippen molar-refractivity contribution in [2.45, 2.75) is 39.0 Å². The van der Waals surface area contributed by atoms with Crippen LogP contribution in [0.3, 0.4) is 0 Å². The Balaban J connectivity index is 1.49. The minimum absolute atomic E-state index is 0.0167. The largest absolute Gasteiger partial charge is 0.505 e. The zero-order valence-corrected chi connectivity index (χ0v) is 21.6. The highest BCUT2D eigenvalue weighted by Crippen LogP contribution is 2.29. The van der Waals surface area contributed by atoms with E-state index in [2.05, 4.69) is 20.3 Å². The number of hydrogen-bond acceptors (Lipinski definition) is 10. The van der Waals surface area contributed by atoms with E-state index in [0.29, 0.717) is 28.8 Å². The van der Waals surface area contributed by atoms with Gasteiger partial charge in [0.05, 0.1) is 18.3 Å². The summed E-state index contributed by atoms with van der Waals surface area (Å²) < 4.78 is 5.36. The second-order valence-corrected chi connectivity index (χ2v) is 9.88. The van der Waals surface area contributed by atoms with Crippen LogP contribution in [0.2, 0.25) is 0 Å². The molecule has 13 nitrogen and oxygen atoms in total. The van der Waals surface area contributed by atoms with Crippen molar-refractivity contribution in [1.82, 2.24) is 25.2 Å². The lowest BCUT2D eigenvalue weighted by Crippen LogP contribution is -2.59.